The molecule has 1 aliphatic heterocycles. The molecule has 1 aliphatic rings. The third kappa shape index (κ3) is 4.55. The number of benzene rings is 1. The quantitative estimate of drug-likeness (QED) is 0.816. The van der Waals surface area contributed by atoms with Gasteiger partial charge in [-0.2, -0.15) is 0 Å². The zero-order valence-corrected chi connectivity index (χ0v) is 13.3. The molecular formula is C17H26N2O2. The van der Waals surface area contributed by atoms with Crippen LogP contribution in [0.25, 0.3) is 0 Å². The van der Waals surface area contributed by atoms with E-state index in [0.717, 1.165) is 19.0 Å². The van der Waals surface area contributed by atoms with E-state index in [1.54, 1.807) is 0 Å². The monoisotopic (exact) mass is 290 g/mol. The molecule has 1 heterocycles. The van der Waals surface area contributed by atoms with E-state index in [4.69, 9.17) is 4.74 Å². The van der Waals surface area contributed by atoms with Gasteiger partial charge in [-0.25, -0.2) is 4.79 Å². The summed E-state index contributed by atoms with van der Waals surface area (Å²) in [6.07, 6.45) is 1.28. The van der Waals surface area contributed by atoms with Crippen molar-refractivity contribution in [2.75, 3.05) is 26.7 Å². The standard InChI is InChI=1S/C17H26N2O2/c1-13(2)19-9-8-15(12-19)11-18-10-14-4-6-16(7-5-14)17(20)21-3/h4-7,13,15,18H,8-12H2,1-3H3. The second-order valence-electron chi connectivity index (χ2n) is 6.06. The minimum Gasteiger partial charge on any atom is -0.465 e. The Kier molecular flexibility index (Phi) is 5.76. The van der Waals surface area contributed by atoms with E-state index in [9.17, 15) is 4.79 Å². The Morgan fingerprint density at radius 2 is 2.10 bits per heavy atom. The highest BCUT2D eigenvalue weighted by atomic mass is 16.5. The minimum atomic E-state index is -0.283. The molecule has 0 bridgehead atoms. The molecule has 4 heteroatoms. The molecule has 1 atom stereocenters. The van der Waals surface area contributed by atoms with Gasteiger partial charge in [-0.05, 0) is 57.0 Å². The molecular weight excluding hydrogens is 264 g/mol. The van der Waals surface area contributed by atoms with Gasteiger partial charge in [0, 0.05) is 19.1 Å². The van der Waals surface area contributed by atoms with Crippen molar-refractivity contribution in [3.8, 4) is 0 Å². The third-order valence-electron chi connectivity index (χ3n) is 4.18. The molecule has 1 saturated heterocycles. The van der Waals surface area contributed by atoms with E-state index in [2.05, 4.69) is 24.1 Å². The van der Waals surface area contributed by atoms with Crippen LogP contribution < -0.4 is 5.32 Å². The fourth-order valence-electron chi connectivity index (χ4n) is 2.80. The van der Waals surface area contributed by atoms with Crippen LogP contribution in [0.5, 0.6) is 0 Å². The van der Waals surface area contributed by atoms with Crippen molar-refractivity contribution in [1.29, 1.82) is 0 Å². The molecule has 2 rings (SSSR count). The third-order valence-corrected chi connectivity index (χ3v) is 4.18. The molecule has 0 radical (unpaired) electrons. The Bertz CT molecular complexity index is 456. The summed E-state index contributed by atoms with van der Waals surface area (Å²) in [6.45, 7) is 8.85. The second kappa shape index (κ2) is 7.57. The summed E-state index contributed by atoms with van der Waals surface area (Å²) in [7, 11) is 1.40. The Morgan fingerprint density at radius 1 is 1.38 bits per heavy atom. The zero-order valence-electron chi connectivity index (χ0n) is 13.3. The van der Waals surface area contributed by atoms with Crippen molar-refractivity contribution >= 4 is 5.97 Å². The van der Waals surface area contributed by atoms with Crippen LogP contribution in [0, 0.1) is 5.92 Å². The number of nitrogens with one attached hydrogen (secondary N) is 1. The van der Waals surface area contributed by atoms with Crippen LogP contribution in [0.1, 0.15) is 36.2 Å². The van der Waals surface area contributed by atoms with Crippen molar-refractivity contribution in [3.05, 3.63) is 35.4 Å². The highest BCUT2D eigenvalue weighted by molar-refractivity contribution is 5.89. The van der Waals surface area contributed by atoms with Gasteiger partial charge in [0.25, 0.3) is 0 Å². The van der Waals surface area contributed by atoms with Crippen LogP contribution in [-0.2, 0) is 11.3 Å². The number of carbonyl (C=O) groups excluding carboxylic acids is 1. The van der Waals surface area contributed by atoms with E-state index >= 15 is 0 Å². The van der Waals surface area contributed by atoms with E-state index < -0.39 is 0 Å². The molecule has 21 heavy (non-hydrogen) atoms. The lowest BCUT2D eigenvalue weighted by atomic mass is 10.1. The van der Waals surface area contributed by atoms with E-state index in [0.29, 0.717) is 11.6 Å². The summed E-state index contributed by atoms with van der Waals surface area (Å²) < 4.78 is 4.69. The second-order valence-corrected chi connectivity index (χ2v) is 6.06. The van der Waals surface area contributed by atoms with Crippen LogP contribution in [0.3, 0.4) is 0 Å². The average Bonchev–Trinajstić information content (AvgIpc) is 2.96. The van der Waals surface area contributed by atoms with Gasteiger partial charge >= 0.3 is 5.97 Å². The van der Waals surface area contributed by atoms with Gasteiger partial charge < -0.3 is 15.0 Å². The Morgan fingerprint density at radius 3 is 2.67 bits per heavy atom. The van der Waals surface area contributed by atoms with E-state index in [1.165, 1.54) is 32.2 Å². The number of nitrogens with zero attached hydrogens (tertiary/aromatic N) is 1. The molecule has 1 aromatic rings. The number of likely N-dealkylation sites (tertiary alicyclic amines) is 1. The molecule has 0 amide bonds. The fraction of sp³-hybridized carbons (Fsp3) is 0.588. The van der Waals surface area contributed by atoms with Crippen molar-refractivity contribution in [2.24, 2.45) is 5.92 Å². The highest BCUT2D eigenvalue weighted by Crippen LogP contribution is 2.17. The van der Waals surface area contributed by atoms with Crippen molar-refractivity contribution in [3.63, 3.8) is 0 Å². The lowest BCUT2D eigenvalue weighted by Gasteiger charge is -2.20. The summed E-state index contributed by atoms with van der Waals surface area (Å²) in [4.78, 5) is 13.9. The summed E-state index contributed by atoms with van der Waals surface area (Å²) in [5, 5.41) is 3.52. The first-order valence-corrected chi connectivity index (χ1v) is 7.72. The summed E-state index contributed by atoms with van der Waals surface area (Å²) in [5.41, 5.74) is 1.80. The van der Waals surface area contributed by atoms with Crippen LogP contribution in [0.15, 0.2) is 24.3 Å². The first kappa shape index (κ1) is 16.0. The number of esters is 1. The molecule has 0 aromatic heterocycles. The maximum Gasteiger partial charge on any atom is 0.337 e. The lowest BCUT2D eigenvalue weighted by Crippen LogP contribution is -2.30. The highest BCUT2D eigenvalue weighted by Gasteiger charge is 2.23. The van der Waals surface area contributed by atoms with E-state index in [-0.39, 0.29) is 5.97 Å². The molecule has 0 saturated carbocycles. The average molecular weight is 290 g/mol. The molecule has 4 nitrogen and oxygen atoms in total. The first-order chi connectivity index (χ1) is 10.1. The number of rotatable bonds is 6. The zero-order chi connectivity index (χ0) is 15.2. The van der Waals surface area contributed by atoms with Gasteiger partial charge in [-0.15, -0.1) is 0 Å². The predicted molar refractivity (Wildman–Crippen MR) is 84.3 cm³/mol. The van der Waals surface area contributed by atoms with Crippen LogP contribution in [0.2, 0.25) is 0 Å². The van der Waals surface area contributed by atoms with E-state index in [1.807, 2.05) is 24.3 Å². The lowest BCUT2D eigenvalue weighted by molar-refractivity contribution is 0.0600. The molecule has 0 spiro atoms. The minimum absolute atomic E-state index is 0.283. The molecule has 1 aromatic carbocycles. The number of hydrogen-bond acceptors (Lipinski definition) is 4. The molecule has 116 valence electrons. The SMILES string of the molecule is COC(=O)c1ccc(CNCC2CCN(C(C)C)C2)cc1. The van der Waals surface area contributed by atoms with Crippen LogP contribution in [-0.4, -0.2) is 43.7 Å². The first-order valence-electron chi connectivity index (χ1n) is 7.72. The largest absolute Gasteiger partial charge is 0.465 e. The normalized spacial score (nSPS) is 19.1. The maximum absolute atomic E-state index is 11.4. The maximum atomic E-state index is 11.4. The van der Waals surface area contributed by atoms with Gasteiger partial charge in [0.1, 0.15) is 0 Å². The Hall–Kier alpha value is -1.39. The smallest absolute Gasteiger partial charge is 0.337 e. The van der Waals surface area contributed by atoms with Crippen LogP contribution >= 0.6 is 0 Å². The van der Waals surface area contributed by atoms with Crippen molar-refractivity contribution in [1.82, 2.24) is 10.2 Å². The fourth-order valence-corrected chi connectivity index (χ4v) is 2.80. The Balaban J connectivity index is 1.73. The number of hydrogen-bond donors (Lipinski definition) is 1. The Labute approximate surface area is 127 Å². The molecule has 1 N–H and O–H groups in total. The number of carbonyl (C=O) groups is 1. The molecule has 1 unspecified atom stereocenters. The van der Waals surface area contributed by atoms with Gasteiger partial charge in [0.2, 0.25) is 0 Å². The summed E-state index contributed by atoms with van der Waals surface area (Å²) in [6, 6.07) is 8.25. The molecule has 1 fully saturated rings. The van der Waals surface area contributed by atoms with Gasteiger partial charge in [0.05, 0.1) is 12.7 Å². The van der Waals surface area contributed by atoms with Crippen molar-refractivity contribution < 1.29 is 9.53 Å². The van der Waals surface area contributed by atoms with Crippen LogP contribution in [0.4, 0.5) is 0 Å². The number of ether oxygens (including phenoxy) is 1. The predicted octanol–water partition coefficient (Wildman–Crippen LogP) is 2.29. The van der Waals surface area contributed by atoms with Gasteiger partial charge in [-0.1, -0.05) is 12.1 Å². The topological polar surface area (TPSA) is 41.6 Å². The van der Waals surface area contributed by atoms with Gasteiger partial charge in [-0.3, -0.25) is 0 Å². The van der Waals surface area contributed by atoms with Crippen molar-refractivity contribution in [2.45, 2.75) is 32.9 Å². The number of methoxy groups -OCH3 is 1. The summed E-state index contributed by atoms with van der Waals surface area (Å²) >= 11 is 0. The summed E-state index contributed by atoms with van der Waals surface area (Å²) in [5.74, 6) is 0.469. The molecule has 0 aliphatic carbocycles. The van der Waals surface area contributed by atoms with Gasteiger partial charge in [0.15, 0.2) is 0 Å².